The van der Waals surface area contributed by atoms with Crippen LogP contribution in [0.5, 0.6) is 0 Å². The summed E-state index contributed by atoms with van der Waals surface area (Å²) in [5.74, 6) is 0.340. The summed E-state index contributed by atoms with van der Waals surface area (Å²) in [4.78, 5) is 7.33. The maximum absolute atomic E-state index is 5.29. The van der Waals surface area contributed by atoms with E-state index in [0.717, 1.165) is 23.4 Å². The van der Waals surface area contributed by atoms with E-state index in [2.05, 4.69) is 35.8 Å². The van der Waals surface area contributed by atoms with Gasteiger partial charge in [0.05, 0.1) is 18.2 Å². The van der Waals surface area contributed by atoms with Crippen LogP contribution in [0.25, 0.3) is 11.3 Å². The Morgan fingerprint density at radius 2 is 2.24 bits per heavy atom. The number of hydrogen-bond acceptors (Lipinski definition) is 3. The molecule has 0 saturated heterocycles. The normalized spacial score (nSPS) is 11.1. The topological polar surface area (TPSA) is 46.5 Å². The predicted molar refractivity (Wildman–Crippen MR) is 70.4 cm³/mol. The summed E-state index contributed by atoms with van der Waals surface area (Å²) in [6.07, 6.45) is 5.52. The van der Waals surface area contributed by atoms with E-state index in [1.54, 1.807) is 6.33 Å². The Kier molecular flexibility index (Phi) is 3.38. The van der Waals surface area contributed by atoms with Crippen LogP contribution in [0.4, 0.5) is 0 Å². The lowest BCUT2D eigenvalue weighted by molar-refractivity contribution is 0.660. The number of hydrogen-bond donors (Lipinski definition) is 1. The molecule has 1 N–H and O–H groups in total. The minimum atomic E-state index is 0.340. The van der Waals surface area contributed by atoms with Crippen LogP contribution in [0.15, 0.2) is 18.7 Å². The number of aryl methyl sites for hydroxylation is 1. The molecule has 2 rings (SSSR count). The van der Waals surface area contributed by atoms with Gasteiger partial charge in [-0.25, -0.2) is 4.98 Å². The van der Waals surface area contributed by atoms with E-state index in [1.165, 1.54) is 0 Å². The highest BCUT2D eigenvalue weighted by atomic mass is 32.1. The molecule has 0 fully saturated rings. The van der Waals surface area contributed by atoms with Crippen molar-refractivity contribution in [2.75, 3.05) is 0 Å². The molecule has 2 heterocycles. The molecule has 0 aliphatic rings. The smallest absolute Gasteiger partial charge is 0.133 e. The summed E-state index contributed by atoms with van der Waals surface area (Å²) < 4.78 is 2.56. The molecule has 0 bridgehead atoms. The second-order valence-corrected chi connectivity index (χ2v) is 4.62. The number of H-pyrrole nitrogens is 1. The maximum atomic E-state index is 5.29. The average molecular weight is 248 g/mol. The van der Waals surface area contributed by atoms with Crippen molar-refractivity contribution in [2.45, 2.75) is 33.2 Å². The first-order chi connectivity index (χ1) is 8.13. The van der Waals surface area contributed by atoms with E-state index in [-0.39, 0.29) is 0 Å². The van der Waals surface area contributed by atoms with E-state index >= 15 is 0 Å². The van der Waals surface area contributed by atoms with Gasteiger partial charge in [0.1, 0.15) is 4.64 Å². The predicted octanol–water partition coefficient (Wildman–Crippen LogP) is 3.15. The van der Waals surface area contributed by atoms with Gasteiger partial charge in [0.2, 0.25) is 0 Å². The third-order valence-corrected chi connectivity index (χ3v) is 3.04. The Morgan fingerprint density at radius 1 is 1.47 bits per heavy atom. The summed E-state index contributed by atoms with van der Waals surface area (Å²) in [6.45, 7) is 7.17. The van der Waals surface area contributed by atoms with Crippen molar-refractivity contribution in [3.63, 3.8) is 0 Å². The van der Waals surface area contributed by atoms with Crippen molar-refractivity contribution in [2.24, 2.45) is 0 Å². The lowest BCUT2D eigenvalue weighted by Crippen LogP contribution is -1.98. The van der Waals surface area contributed by atoms with Crippen LogP contribution in [0.3, 0.4) is 0 Å². The second kappa shape index (κ2) is 4.79. The zero-order valence-corrected chi connectivity index (χ0v) is 11.1. The van der Waals surface area contributed by atoms with E-state index in [1.807, 2.05) is 17.1 Å². The molecule has 2 aromatic heterocycles. The summed E-state index contributed by atoms with van der Waals surface area (Å²) in [5.41, 5.74) is 3.17. The van der Waals surface area contributed by atoms with E-state index in [4.69, 9.17) is 12.2 Å². The highest BCUT2D eigenvalue weighted by Crippen LogP contribution is 2.26. The Labute approximate surface area is 106 Å². The van der Waals surface area contributed by atoms with Gasteiger partial charge in [-0.2, -0.15) is 5.10 Å². The Hall–Kier alpha value is -1.49. The molecule has 0 aromatic carbocycles. The molecule has 5 heteroatoms. The molecule has 17 heavy (non-hydrogen) atoms. The first kappa shape index (κ1) is 12.0. The fourth-order valence-electron chi connectivity index (χ4n) is 1.85. The second-order valence-electron chi connectivity index (χ2n) is 4.24. The van der Waals surface area contributed by atoms with Crippen molar-refractivity contribution in [1.82, 2.24) is 19.7 Å². The third kappa shape index (κ3) is 2.29. The molecular formula is C12H16N4S. The van der Waals surface area contributed by atoms with Crippen LogP contribution in [0.1, 0.15) is 32.3 Å². The van der Waals surface area contributed by atoms with Crippen molar-refractivity contribution < 1.29 is 0 Å². The Morgan fingerprint density at radius 3 is 2.82 bits per heavy atom. The highest BCUT2D eigenvalue weighted by Gasteiger charge is 2.12. The van der Waals surface area contributed by atoms with E-state index < -0.39 is 0 Å². The molecule has 0 aliphatic heterocycles. The highest BCUT2D eigenvalue weighted by molar-refractivity contribution is 7.71. The third-order valence-electron chi connectivity index (χ3n) is 2.71. The molecule has 90 valence electrons. The first-order valence-electron chi connectivity index (χ1n) is 5.74. The Bertz CT molecular complexity index is 568. The molecule has 0 spiro atoms. The van der Waals surface area contributed by atoms with E-state index in [9.17, 15) is 0 Å². The molecule has 4 nitrogen and oxygen atoms in total. The average Bonchev–Trinajstić information content (AvgIpc) is 2.76. The lowest BCUT2D eigenvalue weighted by atomic mass is 10.0. The molecule has 0 amide bonds. The number of nitrogens with zero attached hydrogens (tertiary/aromatic N) is 3. The van der Waals surface area contributed by atoms with Crippen molar-refractivity contribution in [1.29, 1.82) is 0 Å². The van der Waals surface area contributed by atoms with Crippen molar-refractivity contribution >= 4 is 12.2 Å². The summed E-state index contributed by atoms with van der Waals surface area (Å²) in [7, 11) is 0. The van der Waals surface area contributed by atoms with Crippen LogP contribution in [-0.2, 0) is 6.54 Å². The molecule has 0 aliphatic carbocycles. The maximum Gasteiger partial charge on any atom is 0.133 e. The summed E-state index contributed by atoms with van der Waals surface area (Å²) >= 11 is 5.29. The first-order valence-corrected chi connectivity index (χ1v) is 6.14. The fraction of sp³-hybridized carbons (Fsp3) is 0.417. The minimum Gasteiger partial charge on any atom is -0.345 e. The van der Waals surface area contributed by atoms with Gasteiger partial charge in [0.25, 0.3) is 0 Å². The van der Waals surface area contributed by atoms with Crippen LogP contribution in [0, 0.1) is 4.64 Å². The van der Waals surface area contributed by atoms with Crippen LogP contribution in [0.2, 0.25) is 0 Å². The van der Waals surface area contributed by atoms with Gasteiger partial charge >= 0.3 is 0 Å². The molecule has 2 aromatic rings. The fourth-order valence-corrected chi connectivity index (χ4v) is 2.24. The zero-order chi connectivity index (χ0) is 12.4. The van der Waals surface area contributed by atoms with Gasteiger partial charge in [-0.15, -0.1) is 0 Å². The summed E-state index contributed by atoms with van der Waals surface area (Å²) in [6, 6.07) is 0. The molecule has 0 radical (unpaired) electrons. The number of rotatable bonds is 3. The van der Waals surface area contributed by atoms with Gasteiger partial charge in [-0.1, -0.05) is 26.1 Å². The standard InChI is InChI=1S/C12H16N4S/c1-4-16-6-9(5-15-16)11-10(8(2)3)12(17)14-7-13-11/h5-8H,4H2,1-3H3,(H,13,14,17). The van der Waals surface area contributed by atoms with Crippen LogP contribution < -0.4 is 0 Å². The molecule has 0 saturated carbocycles. The number of aromatic amines is 1. The molecule has 0 atom stereocenters. The van der Waals surface area contributed by atoms with Crippen molar-refractivity contribution in [3.05, 3.63) is 28.9 Å². The Balaban J connectivity index is 2.58. The van der Waals surface area contributed by atoms with Gasteiger partial charge in [0, 0.05) is 23.9 Å². The van der Waals surface area contributed by atoms with E-state index in [0.29, 0.717) is 10.6 Å². The van der Waals surface area contributed by atoms with Gasteiger partial charge < -0.3 is 4.98 Å². The van der Waals surface area contributed by atoms with Gasteiger partial charge in [0.15, 0.2) is 0 Å². The van der Waals surface area contributed by atoms with Gasteiger partial charge in [-0.3, -0.25) is 4.68 Å². The van der Waals surface area contributed by atoms with Crippen molar-refractivity contribution in [3.8, 4) is 11.3 Å². The van der Waals surface area contributed by atoms with Crippen LogP contribution >= 0.6 is 12.2 Å². The van der Waals surface area contributed by atoms with Gasteiger partial charge in [-0.05, 0) is 12.8 Å². The lowest BCUT2D eigenvalue weighted by Gasteiger charge is -2.10. The minimum absolute atomic E-state index is 0.340. The summed E-state index contributed by atoms with van der Waals surface area (Å²) in [5, 5.41) is 4.28. The van der Waals surface area contributed by atoms with Crippen LogP contribution in [-0.4, -0.2) is 19.7 Å². The number of aromatic nitrogens is 4. The zero-order valence-electron chi connectivity index (χ0n) is 10.3. The number of nitrogens with one attached hydrogen (secondary N) is 1. The molecule has 0 unspecified atom stereocenters. The quantitative estimate of drug-likeness (QED) is 0.849. The largest absolute Gasteiger partial charge is 0.345 e. The monoisotopic (exact) mass is 248 g/mol. The SMILES string of the molecule is CCn1cc(-c2[nH]cnc(=S)c2C(C)C)cn1. The molecular weight excluding hydrogens is 232 g/mol.